The third kappa shape index (κ3) is 3.73. The van der Waals surface area contributed by atoms with Crippen LogP contribution in [0.5, 0.6) is 0 Å². The van der Waals surface area contributed by atoms with Crippen molar-refractivity contribution in [2.75, 3.05) is 7.11 Å². The van der Waals surface area contributed by atoms with Gasteiger partial charge in [0, 0.05) is 10.0 Å². The molecule has 3 aromatic rings. The van der Waals surface area contributed by atoms with Crippen LogP contribution in [0.1, 0.15) is 17.2 Å². The maximum Gasteiger partial charge on any atom is 0.343 e. The maximum atomic E-state index is 13.5. The quantitative estimate of drug-likeness (QED) is 0.577. The molecule has 6 nitrogen and oxygen atoms in total. The van der Waals surface area contributed by atoms with Crippen LogP contribution in [-0.2, 0) is 9.53 Å². The summed E-state index contributed by atoms with van der Waals surface area (Å²) in [4.78, 5) is 26.1. The molecule has 1 aliphatic rings. The van der Waals surface area contributed by atoms with Crippen molar-refractivity contribution in [3.05, 3.63) is 101 Å². The van der Waals surface area contributed by atoms with Crippen LogP contribution in [0, 0.1) is 11.3 Å². The number of fused-ring (bicyclic) bond motifs is 1. The number of carbonyl (C=O) groups is 1. The van der Waals surface area contributed by atoms with Crippen molar-refractivity contribution in [3.8, 4) is 6.07 Å². The van der Waals surface area contributed by atoms with E-state index in [1.54, 1.807) is 54.6 Å². The lowest BCUT2D eigenvalue weighted by Crippen LogP contribution is -2.41. The number of methoxy groups -OCH3 is 1. The van der Waals surface area contributed by atoms with Gasteiger partial charge in [-0.05, 0) is 41.5 Å². The molecule has 0 radical (unpaired) electrons. The predicted molar refractivity (Wildman–Crippen MR) is 125 cm³/mol. The van der Waals surface area contributed by atoms with E-state index in [9.17, 15) is 14.9 Å². The molecule has 1 unspecified atom stereocenters. The molecule has 0 saturated heterocycles. The number of ether oxygens (including phenoxy) is 1. The number of esters is 1. The summed E-state index contributed by atoms with van der Waals surface area (Å²) in [7, 11) is 1.22. The number of rotatable bonds is 3. The zero-order valence-electron chi connectivity index (χ0n) is 16.6. The second-order valence-corrected chi connectivity index (χ2v) is 8.81. The third-order valence-corrected chi connectivity index (χ3v) is 6.63. The highest BCUT2D eigenvalue weighted by atomic mass is 35.5. The van der Waals surface area contributed by atoms with Crippen molar-refractivity contribution in [2.24, 2.45) is 5.73 Å². The average molecular weight is 484 g/mol. The van der Waals surface area contributed by atoms with Gasteiger partial charge in [-0.15, -0.1) is 11.3 Å². The minimum Gasteiger partial charge on any atom is -0.465 e. The van der Waals surface area contributed by atoms with Crippen LogP contribution >= 0.6 is 34.5 Å². The smallest absolute Gasteiger partial charge is 0.343 e. The number of allylic oxidation sites excluding steroid dienone is 1. The number of nitriles is 1. The summed E-state index contributed by atoms with van der Waals surface area (Å²) >= 11 is 13.1. The summed E-state index contributed by atoms with van der Waals surface area (Å²) in [5.74, 6) is -0.724. The topological polar surface area (TPSA) is 98.1 Å². The van der Waals surface area contributed by atoms with E-state index in [1.807, 2.05) is 0 Å². The van der Waals surface area contributed by atoms with Crippen LogP contribution in [-0.4, -0.2) is 17.6 Å². The van der Waals surface area contributed by atoms with E-state index in [0.29, 0.717) is 24.8 Å². The van der Waals surface area contributed by atoms with Gasteiger partial charge in [-0.25, -0.2) is 4.79 Å². The van der Waals surface area contributed by atoms with Crippen molar-refractivity contribution < 1.29 is 9.53 Å². The highest BCUT2D eigenvalue weighted by Crippen LogP contribution is 2.31. The minimum absolute atomic E-state index is 0.00730. The lowest BCUT2D eigenvalue weighted by atomic mass is 9.93. The molecule has 2 aromatic carbocycles. The molecule has 0 spiro atoms. The molecule has 9 heteroatoms. The van der Waals surface area contributed by atoms with E-state index in [2.05, 4.69) is 6.07 Å². The molecule has 0 fully saturated rings. The van der Waals surface area contributed by atoms with Gasteiger partial charge in [0.15, 0.2) is 0 Å². The molecule has 2 heterocycles. The number of nitrogens with two attached hydrogens (primary N) is 1. The van der Waals surface area contributed by atoms with Crippen molar-refractivity contribution in [1.29, 1.82) is 5.26 Å². The zero-order chi connectivity index (χ0) is 23.0. The summed E-state index contributed by atoms with van der Waals surface area (Å²) in [6.45, 7) is 0. The number of thiazole rings is 1. The van der Waals surface area contributed by atoms with Gasteiger partial charge < -0.3 is 10.5 Å². The second kappa shape index (κ2) is 8.67. The molecule has 1 aromatic heterocycles. The van der Waals surface area contributed by atoms with Crippen LogP contribution < -0.4 is 20.5 Å². The van der Waals surface area contributed by atoms with Crippen molar-refractivity contribution >= 4 is 52.2 Å². The van der Waals surface area contributed by atoms with Crippen LogP contribution in [0.25, 0.3) is 11.6 Å². The second-order valence-electron chi connectivity index (χ2n) is 6.90. The fourth-order valence-electron chi connectivity index (χ4n) is 3.52. The first-order valence-electron chi connectivity index (χ1n) is 9.32. The Hall–Kier alpha value is -3.31. The number of carbonyl (C=O) groups excluding carboxylic acids is 1. The number of hydrogen-bond acceptors (Lipinski definition) is 6. The van der Waals surface area contributed by atoms with Crippen molar-refractivity contribution in [3.63, 3.8) is 0 Å². The molecule has 0 saturated carbocycles. The largest absolute Gasteiger partial charge is 0.465 e. The summed E-state index contributed by atoms with van der Waals surface area (Å²) in [5.41, 5.74) is 7.37. The Labute approximate surface area is 196 Å². The Morgan fingerprint density at radius 1 is 1.16 bits per heavy atom. The normalized spacial score (nSPS) is 16.0. The Morgan fingerprint density at radius 3 is 2.31 bits per heavy atom. The van der Waals surface area contributed by atoms with E-state index >= 15 is 0 Å². The first-order chi connectivity index (χ1) is 15.3. The third-order valence-electron chi connectivity index (χ3n) is 5.02. The molecule has 32 heavy (non-hydrogen) atoms. The minimum atomic E-state index is -0.809. The summed E-state index contributed by atoms with van der Waals surface area (Å²) in [6.07, 6.45) is 1.70. The average Bonchev–Trinajstić information content (AvgIpc) is 3.10. The number of halogens is 2. The highest BCUT2D eigenvalue weighted by Gasteiger charge is 2.34. The van der Waals surface area contributed by atoms with E-state index in [1.165, 1.54) is 11.7 Å². The van der Waals surface area contributed by atoms with Crippen LogP contribution in [0.4, 0.5) is 0 Å². The van der Waals surface area contributed by atoms with Gasteiger partial charge in [0.2, 0.25) is 0 Å². The van der Waals surface area contributed by atoms with E-state index in [-0.39, 0.29) is 22.4 Å². The van der Waals surface area contributed by atoms with Gasteiger partial charge in [-0.1, -0.05) is 47.5 Å². The first kappa shape index (κ1) is 21.9. The van der Waals surface area contributed by atoms with Crippen molar-refractivity contribution in [2.45, 2.75) is 6.04 Å². The SMILES string of the molecule is COC(=O)C1=c2sc(=Cc3ccc(Cl)cc3)c(=O)n2C(c2ccc(Cl)cc2)C(C#N)=C1N. The lowest BCUT2D eigenvalue weighted by molar-refractivity contribution is -0.133. The summed E-state index contributed by atoms with van der Waals surface area (Å²) in [6, 6.07) is 15.0. The fourth-order valence-corrected chi connectivity index (χ4v) is 4.95. The Bertz CT molecular complexity index is 1480. The first-order valence-corrected chi connectivity index (χ1v) is 10.9. The molecule has 2 N–H and O–H groups in total. The lowest BCUT2D eigenvalue weighted by Gasteiger charge is -2.24. The van der Waals surface area contributed by atoms with E-state index in [0.717, 1.165) is 16.9 Å². The van der Waals surface area contributed by atoms with Gasteiger partial charge in [0.25, 0.3) is 5.56 Å². The van der Waals surface area contributed by atoms with Crippen LogP contribution in [0.15, 0.2) is 64.6 Å². The molecule has 1 atom stereocenters. The summed E-state index contributed by atoms with van der Waals surface area (Å²) in [5, 5.41) is 11.0. The summed E-state index contributed by atoms with van der Waals surface area (Å²) < 4.78 is 7.00. The van der Waals surface area contributed by atoms with Crippen LogP contribution in [0.3, 0.4) is 0 Å². The van der Waals surface area contributed by atoms with Crippen molar-refractivity contribution in [1.82, 2.24) is 4.57 Å². The van der Waals surface area contributed by atoms with E-state index < -0.39 is 12.0 Å². The molecule has 0 amide bonds. The van der Waals surface area contributed by atoms with Gasteiger partial charge >= 0.3 is 5.97 Å². The molecular weight excluding hydrogens is 469 g/mol. The van der Waals surface area contributed by atoms with Gasteiger partial charge in [0.05, 0.1) is 29.0 Å². The maximum absolute atomic E-state index is 13.5. The monoisotopic (exact) mass is 483 g/mol. The van der Waals surface area contributed by atoms with Gasteiger partial charge in [-0.3, -0.25) is 9.36 Å². The number of benzene rings is 2. The molecule has 1 aliphatic heterocycles. The molecule has 0 aliphatic carbocycles. The Balaban J connectivity index is 2.09. The Morgan fingerprint density at radius 2 is 1.75 bits per heavy atom. The zero-order valence-corrected chi connectivity index (χ0v) is 19.0. The predicted octanol–water partition coefficient (Wildman–Crippen LogP) is 2.71. The van der Waals surface area contributed by atoms with Gasteiger partial charge in [0.1, 0.15) is 16.3 Å². The molecule has 160 valence electrons. The Kier molecular flexibility index (Phi) is 5.94. The van der Waals surface area contributed by atoms with E-state index in [4.69, 9.17) is 33.7 Å². The fraction of sp³-hybridized carbons (Fsp3) is 0.0870. The number of aromatic nitrogens is 1. The molecular formula is C23H15Cl2N3O3S. The standard InChI is InChI=1S/C23H15Cl2N3O3S/c1-31-23(30)18-19(27)16(11-26)20(13-4-8-15(25)9-5-13)28-21(29)17(32-22(18)28)10-12-2-6-14(24)7-3-12/h2-10,20H,27H2,1H3. The highest BCUT2D eigenvalue weighted by molar-refractivity contribution is 7.07. The molecule has 0 bridgehead atoms. The molecule has 4 rings (SSSR count). The van der Waals surface area contributed by atoms with Gasteiger partial charge in [-0.2, -0.15) is 5.26 Å². The van der Waals surface area contributed by atoms with Crippen LogP contribution in [0.2, 0.25) is 10.0 Å². The number of nitrogens with zero attached hydrogens (tertiary/aromatic N) is 2. The number of hydrogen-bond donors (Lipinski definition) is 1.